The summed E-state index contributed by atoms with van der Waals surface area (Å²) < 4.78 is 0. The number of rotatable bonds is 4. The van der Waals surface area contributed by atoms with Crippen molar-refractivity contribution in [3.8, 4) is 0 Å². The maximum atomic E-state index is 11.9. The fraction of sp³-hybridized carbons (Fsp3) is 0.533. The smallest absolute Gasteiger partial charge is 0.222 e. The van der Waals surface area contributed by atoms with Crippen molar-refractivity contribution in [3.05, 3.63) is 35.4 Å². The van der Waals surface area contributed by atoms with E-state index >= 15 is 0 Å². The first-order valence-corrected chi connectivity index (χ1v) is 6.63. The summed E-state index contributed by atoms with van der Waals surface area (Å²) in [5.74, 6) is 0.0604. The van der Waals surface area contributed by atoms with E-state index in [1.807, 2.05) is 6.92 Å². The molecule has 2 rings (SSSR count). The van der Waals surface area contributed by atoms with Crippen LogP contribution >= 0.6 is 0 Å². The molecule has 0 aliphatic heterocycles. The van der Waals surface area contributed by atoms with Crippen molar-refractivity contribution in [1.82, 2.24) is 5.32 Å². The van der Waals surface area contributed by atoms with Gasteiger partial charge in [-0.3, -0.25) is 4.79 Å². The van der Waals surface area contributed by atoms with Gasteiger partial charge in [-0.15, -0.1) is 0 Å². The van der Waals surface area contributed by atoms with Gasteiger partial charge in [0.05, 0.1) is 6.04 Å². The van der Waals surface area contributed by atoms with Crippen LogP contribution < -0.4 is 11.1 Å². The molecule has 0 radical (unpaired) electrons. The number of amides is 1. The summed E-state index contributed by atoms with van der Waals surface area (Å²) in [6.45, 7) is 4.06. The van der Waals surface area contributed by atoms with Crippen LogP contribution in [0.15, 0.2) is 24.3 Å². The average molecular weight is 246 g/mol. The van der Waals surface area contributed by atoms with Crippen molar-refractivity contribution in [1.29, 1.82) is 0 Å². The SMILES string of the molecule is Cc1ccc(C(C)NC(=O)CC2(N)CCC2)cc1. The Labute approximate surface area is 109 Å². The summed E-state index contributed by atoms with van der Waals surface area (Å²) in [7, 11) is 0. The number of nitrogens with one attached hydrogen (secondary N) is 1. The predicted octanol–water partition coefficient (Wildman–Crippen LogP) is 2.44. The van der Waals surface area contributed by atoms with Crippen molar-refractivity contribution < 1.29 is 4.79 Å². The normalized spacial score (nSPS) is 18.8. The molecule has 1 fully saturated rings. The molecule has 1 saturated carbocycles. The summed E-state index contributed by atoms with van der Waals surface area (Å²) in [5, 5.41) is 3.02. The first-order chi connectivity index (χ1) is 8.48. The van der Waals surface area contributed by atoms with E-state index in [4.69, 9.17) is 5.73 Å². The Morgan fingerprint density at radius 2 is 2.00 bits per heavy atom. The van der Waals surface area contributed by atoms with Gasteiger partial charge in [-0.2, -0.15) is 0 Å². The molecule has 1 aliphatic carbocycles. The minimum absolute atomic E-state index is 0.0433. The highest BCUT2D eigenvalue weighted by Crippen LogP contribution is 2.32. The second-order valence-electron chi connectivity index (χ2n) is 5.59. The third-order valence-electron chi connectivity index (χ3n) is 3.82. The zero-order valence-corrected chi connectivity index (χ0v) is 11.2. The van der Waals surface area contributed by atoms with E-state index in [9.17, 15) is 4.79 Å². The van der Waals surface area contributed by atoms with Gasteiger partial charge in [0.1, 0.15) is 0 Å². The zero-order valence-electron chi connectivity index (χ0n) is 11.2. The van der Waals surface area contributed by atoms with Crippen LogP contribution in [-0.4, -0.2) is 11.4 Å². The fourth-order valence-corrected chi connectivity index (χ4v) is 2.36. The second kappa shape index (κ2) is 5.11. The molecule has 3 heteroatoms. The van der Waals surface area contributed by atoms with Crippen LogP contribution in [0.2, 0.25) is 0 Å². The second-order valence-corrected chi connectivity index (χ2v) is 5.59. The van der Waals surface area contributed by atoms with E-state index in [2.05, 4.69) is 36.5 Å². The molecule has 1 aromatic carbocycles. The Bertz CT molecular complexity index is 421. The fourth-order valence-electron chi connectivity index (χ4n) is 2.36. The topological polar surface area (TPSA) is 55.1 Å². The Morgan fingerprint density at radius 3 is 2.50 bits per heavy atom. The Kier molecular flexibility index (Phi) is 3.71. The first-order valence-electron chi connectivity index (χ1n) is 6.63. The molecule has 0 heterocycles. The molecule has 98 valence electrons. The van der Waals surface area contributed by atoms with Crippen LogP contribution in [0.3, 0.4) is 0 Å². The van der Waals surface area contributed by atoms with Gasteiger partial charge >= 0.3 is 0 Å². The molecule has 1 unspecified atom stereocenters. The van der Waals surface area contributed by atoms with Crippen LogP contribution in [0.1, 0.15) is 49.8 Å². The largest absolute Gasteiger partial charge is 0.350 e. The van der Waals surface area contributed by atoms with Crippen molar-refractivity contribution >= 4 is 5.91 Å². The number of carbonyl (C=O) groups excluding carboxylic acids is 1. The van der Waals surface area contributed by atoms with E-state index < -0.39 is 0 Å². The number of hydrogen-bond acceptors (Lipinski definition) is 2. The lowest BCUT2D eigenvalue weighted by Crippen LogP contribution is -2.50. The first kappa shape index (κ1) is 13.1. The molecule has 0 bridgehead atoms. The van der Waals surface area contributed by atoms with Crippen LogP contribution in [0.5, 0.6) is 0 Å². The molecule has 0 aromatic heterocycles. The Hall–Kier alpha value is -1.35. The maximum Gasteiger partial charge on any atom is 0.222 e. The highest BCUT2D eigenvalue weighted by molar-refractivity contribution is 5.77. The molecule has 0 saturated heterocycles. The molecular weight excluding hydrogens is 224 g/mol. The van der Waals surface area contributed by atoms with E-state index in [1.165, 1.54) is 5.56 Å². The number of aryl methyl sites for hydroxylation is 1. The highest BCUT2D eigenvalue weighted by Gasteiger charge is 2.34. The highest BCUT2D eigenvalue weighted by atomic mass is 16.1. The Balaban J connectivity index is 1.88. The average Bonchev–Trinajstić information content (AvgIpc) is 2.27. The van der Waals surface area contributed by atoms with E-state index in [1.54, 1.807) is 0 Å². The van der Waals surface area contributed by atoms with Crippen LogP contribution in [0.4, 0.5) is 0 Å². The molecule has 1 atom stereocenters. The standard InChI is InChI=1S/C15H22N2O/c1-11-4-6-13(7-5-11)12(2)17-14(18)10-15(16)8-3-9-15/h4-7,12H,3,8-10,16H2,1-2H3,(H,17,18). The van der Waals surface area contributed by atoms with Crippen LogP contribution in [0.25, 0.3) is 0 Å². The van der Waals surface area contributed by atoms with Gasteiger partial charge < -0.3 is 11.1 Å². The summed E-state index contributed by atoms with van der Waals surface area (Å²) in [6.07, 6.45) is 3.54. The molecule has 1 amide bonds. The number of benzene rings is 1. The monoisotopic (exact) mass is 246 g/mol. The minimum Gasteiger partial charge on any atom is -0.350 e. The molecule has 3 N–H and O–H groups in total. The van der Waals surface area contributed by atoms with E-state index in [0.29, 0.717) is 6.42 Å². The third-order valence-corrected chi connectivity index (χ3v) is 3.82. The molecule has 1 aromatic rings. The summed E-state index contributed by atoms with van der Waals surface area (Å²) in [6, 6.07) is 8.29. The summed E-state index contributed by atoms with van der Waals surface area (Å²) >= 11 is 0. The minimum atomic E-state index is -0.239. The molecule has 18 heavy (non-hydrogen) atoms. The number of carbonyl (C=O) groups is 1. The van der Waals surface area contributed by atoms with Gasteiger partial charge in [0.15, 0.2) is 0 Å². The van der Waals surface area contributed by atoms with Gasteiger partial charge in [-0.05, 0) is 38.7 Å². The van der Waals surface area contributed by atoms with Gasteiger partial charge in [0, 0.05) is 12.0 Å². The van der Waals surface area contributed by atoms with Crippen LogP contribution in [0, 0.1) is 6.92 Å². The lowest BCUT2D eigenvalue weighted by Gasteiger charge is -2.37. The zero-order chi connectivity index (χ0) is 13.2. The predicted molar refractivity (Wildman–Crippen MR) is 73.1 cm³/mol. The quantitative estimate of drug-likeness (QED) is 0.857. The van der Waals surface area contributed by atoms with Crippen molar-refractivity contribution in [2.75, 3.05) is 0 Å². The third kappa shape index (κ3) is 3.10. The van der Waals surface area contributed by atoms with Crippen LogP contribution in [-0.2, 0) is 4.79 Å². The van der Waals surface area contributed by atoms with E-state index in [-0.39, 0.29) is 17.5 Å². The molecule has 3 nitrogen and oxygen atoms in total. The van der Waals surface area contributed by atoms with Crippen molar-refractivity contribution in [2.24, 2.45) is 5.73 Å². The number of nitrogens with two attached hydrogens (primary N) is 1. The molecular formula is C15H22N2O. The summed E-state index contributed by atoms with van der Waals surface area (Å²) in [4.78, 5) is 11.9. The van der Waals surface area contributed by atoms with Crippen molar-refractivity contribution in [3.63, 3.8) is 0 Å². The lowest BCUT2D eigenvalue weighted by atomic mass is 9.75. The van der Waals surface area contributed by atoms with E-state index in [0.717, 1.165) is 24.8 Å². The lowest BCUT2D eigenvalue weighted by molar-refractivity contribution is -0.123. The maximum absolute atomic E-state index is 11.9. The Morgan fingerprint density at radius 1 is 1.39 bits per heavy atom. The molecule has 1 aliphatic rings. The van der Waals surface area contributed by atoms with Gasteiger partial charge in [0.2, 0.25) is 5.91 Å². The van der Waals surface area contributed by atoms with Gasteiger partial charge in [-0.1, -0.05) is 29.8 Å². The van der Waals surface area contributed by atoms with Gasteiger partial charge in [-0.25, -0.2) is 0 Å². The van der Waals surface area contributed by atoms with Gasteiger partial charge in [0.25, 0.3) is 0 Å². The number of hydrogen-bond donors (Lipinski definition) is 2. The van der Waals surface area contributed by atoms with Crippen molar-refractivity contribution in [2.45, 2.75) is 51.1 Å². The molecule has 0 spiro atoms. The summed E-state index contributed by atoms with van der Waals surface area (Å²) in [5.41, 5.74) is 8.20.